The molecule has 35 heavy (non-hydrogen) atoms. The molecule has 0 atom stereocenters. The van der Waals surface area contributed by atoms with Gasteiger partial charge in [0.05, 0.1) is 26.1 Å². The highest BCUT2D eigenvalue weighted by molar-refractivity contribution is 7.90. The predicted molar refractivity (Wildman–Crippen MR) is 130 cm³/mol. The monoisotopic (exact) mass is 556 g/mol. The zero-order valence-electron chi connectivity index (χ0n) is 18.2. The molecule has 0 aromatic heterocycles. The minimum atomic E-state index is -4.48. The van der Waals surface area contributed by atoms with Gasteiger partial charge in [0, 0.05) is 0 Å². The Morgan fingerprint density at radius 3 is 1.89 bits per heavy atom. The van der Waals surface area contributed by atoms with Gasteiger partial charge in [-0.2, -0.15) is 8.42 Å². The molecule has 0 aliphatic heterocycles. The van der Waals surface area contributed by atoms with Crippen LogP contribution >= 0.6 is 23.2 Å². The van der Waals surface area contributed by atoms with Gasteiger partial charge in [-0.25, -0.2) is 13.1 Å². The maximum absolute atomic E-state index is 12.8. The second kappa shape index (κ2) is 10.2. The van der Waals surface area contributed by atoms with Crippen molar-refractivity contribution in [2.75, 3.05) is 0 Å². The fourth-order valence-electron chi connectivity index (χ4n) is 2.84. The third kappa shape index (κ3) is 5.93. The maximum Gasteiger partial charge on any atom is 0.340 e. The van der Waals surface area contributed by atoms with E-state index in [1.807, 2.05) is 4.72 Å². The quantitative estimate of drug-likeness (QED) is 0.152. The van der Waals surface area contributed by atoms with Gasteiger partial charge in [0.1, 0.15) is 4.90 Å². The van der Waals surface area contributed by atoms with Gasteiger partial charge in [0.2, 0.25) is 0 Å². The van der Waals surface area contributed by atoms with Crippen LogP contribution in [-0.2, 0) is 24.3 Å². The molecular formula is C22H18Cl2N2O7S2. The summed E-state index contributed by atoms with van der Waals surface area (Å²) in [5, 5.41) is 11.6. The number of oxime groups is 1. The molecular weight excluding hydrogens is 539 g/mol. The van der Waals surface area contributed by atoms with E-state index >= 15 is 0 Å². The lowest BCUT2D eigenvalue weighted by Crippen LogP contribution is -2.31. The first-order chi connectivity index (χ1) is 16.4. The van der Waals surface area contributed by atoms with Crippen LogP contribution in [-0.4, -0.2) is 33.8 Å². The van der Waals surface area contributed by atoms with Crippen LogP contribution in [0, 0.1) is 13.8 Å². The zero-order valence-corrected chi connectivity index (χ0v) is 21.3. The van der Waals surface area contributed by atoms with Crippen molar-refractivity contribution >= 4 is 55.1 Å². The molecule has 0 bridgehead atoms. The number of benzene rings is 3. The van der Waals surface area contributed by atoms with E-state index in [1.54, 1.807) is 26.0 Å². The van der Waals surface area contributed by atoms with E-state index in [9.17, 15) is 26.8 Å². The first kappa shape index (κ1) is 26.5. The number of hydrogen-bond donors (Lipinski definition) is 2. The average Bonchev–Trinajstić information content (AvgIpc) is 2.78. The molecule has 3 rings (SSSR count). The molecule has 0 fully saturated rings. The number of nitrogens with zero attached hydrogens (tertiary/aromatic N) is 1. The number of carbonyl (C=O) groups excluding carboxylic acids is 1. The Labute approximate surface area is 212 Å². The van der Waals surface area contributed by atoms with Crippen molar-refractivity contribution in [3.63, 3.8) is 0 Å². The van der Waals surface area contributed by atoms with Crippen molar-refractivity contribution in [2.45, 2.75) is 23.6 Å². The minimum absolute atomic E-state index is 0.160. The molecule has 13 heteroatoms. The van der Waals surface area contributed by atoms with Gasteiger partial charge in [-0.15, -0.1) is 0 Å². The van der Waals surface area contributed by atoms with Crippen molar-refractivity contribution in [1.29, 1.82) is 0 Å². The van der Waals surface area contributed by atoms with Crippen LogP contribution < -0.4 is 4.72 Å². The Morgan fingerprint density at radius 2 is 1.37 bits per heavy atom. The molecule has 0 heterocycles. The van der Waals surface area contributed by atoms with E-state index in [4.69, 9.17) is 27.4 Å². The highest BCUT2D eigenvalue weighted by atomic mass is 35.5. The second-order valence-corrected chi connectivity index (χ2v) is 11.3. The number of rotatable bonds is 6. The van der Waals surface area contributed by atoms with E-state index in [0.717, 1.165) is 23.3 Å². The van der Waals surface area contributed by atoms with Crippen molar-refractivity contribution in [3.8, 4) is 0 Å². The molecule has 0 spiro atoms. The Hall–Kier alpha value is -3.12. The first-order valence-corrected chi connectivity index (χ1v) is 13.4. The predicted octanol–water partition coefficient (Wildman–Crippen LogP) is 4.27. The molecule has 3 aromatic carbocycles. The summed E-state index contributed by atoms with van der Waals surface area (Å²) in [6, 6.07) is 13.6. The van der Waals surface area contributed by atoms with Crippen molar-refractivity contribution < 1.29 is 31.0 Å². The Balaban J connectivity index is 1.96. The molecule has 0 aliphatic carbocycles. The van der Waals surface area contributed by atoms with Crippen LogP contribution in [0.1, 0.15) is 27.0 Å². The van der Waals surface area contributed by atoms with Crippen molar-refractivity contribution in [1.82, 2.24) is 4.72 Å². The molecule has 184 valence electrons. The van der Waals surface area contributed by atoms with Gasteiger partial charge >= 0.3 is 10.1 Å². The normalized spacial score (nSPS) is 12.3. The summed E-state index contributed by atoms with van der Waals surface area (Å²) < 4.78 is 57.2. The van der Waals surface area contributed by atoms with Crippen LogP contribution in [0.3, 0.4) is 0 Å². The number of aryl methyl sites for hydroxylation is 2. The van der Waals surface area contributed by atoms with Crippen LogP contribution in [0.5, 0.6) is 0 Å². The van der Waals surface area contributed by atoms with E-state index in [-0.39, 0.29) is 20.4 Å². The van der Waals surface area contributed by atoms with Gasteiger partial charge in [-0.05, 0) is 55.4 Å². The highest BCUT2D eigenvalue weighted by Gasteiger charge is 2.28. The van der Waals surface area contributed by atoms with E-state index < -0.39 is 42.5 Å². The standard InChI is InChI=1S/C22H18Cl2N2O7S2/c1-13-3-7-15(8-4-13)34(29,30)26-21(27)17-11-12-18(23)19(20(17)24)22(25-28)33-35(31,32)16-9-5-14(2)6-10-16/h3-12,28H,1-2H3,(H,26,27). The van der Waals surface area contributed by atoms with Crippen LogP contribution in [0.15, 0.2) is 75.6 Å². The van der Waals surface area contributed by atoms with Crippen molar-refractivity contribution in [3.05, 3.63) is 93.0 Å². The molecule has 0 saturated heterocycles. The molecule has 2 N–H and O–H groups in total. The number of amides is 1. The van der Waals surface area contributed by atoms with E-state index in [1.165, 1.54) is 36.4 Å². The topological polar surface area (TPSA) is 139 Å². The average molecular weight is 557 g/mol. The highest BCUT2D eigenvalue weighted by Crippen LogP contribution is 2.31. The number of halogens is 2. The lowest BCUT2D eigenvalue weighted by atomic mass is 10.1. The molecule has 0 unspecified atom stereocenters. The molecule has 0 aliphatic rings. The lowest BCUT2D eigenvalue weighted by Gasteiger charge is -2.14. The van der Waals surface area contributed by atoms with Crippen LogP contribution in [0.25, 0.3) is 0 Å². The SMILES string of the molecule is Cc1ccc(S(=O)(=O)NC(=O)c2ccc(Cl)c(C(=NO)OS(=O)(=O)c3ccc(C)cc3)c2Cl)cc1. The van der Waals surface area contributed by atoms with Crippen LogP contribution in [0.4, 0.5) is 0 Å². The fraction of sp³-hybridized carbons (Fsp3) is 0.0909. The zero-order chi connectivity index (χ0) is 26.0. The Kier molecular flexibility index (Phi) is 7.75. The third-order valence-electron chi connectivity index (χ3n) is 4.70. The first-order valence-electron chi connectivity index (χ1n) is 9.71. The summed E-state index contributed by atoms with van der Waals surface area (Å²) >= 11 is 12.4. The molecule has 0 saturated carbocycles. The minimum Gasteiger partial charge on any atom is -0.408 e. The molecule has 0 radical (unpaired) electrons. The van der Waals surface area contributed by atoms with Gasteiger partial charge in [0.15, 0.2) is 0 Å². The molecule has 9 nitrogen and oxygen atoms in total. The van der Waals surface area contributed by atoms with Gasteiger partial charge in [0.25, 0.3) is 21.8 Å². The van der Waals surface area contributed by atoms with Gasteiger partial charge in [-0.3, -0.25) is 4.79 Å². The number of sulfonamides is 1. The largest absolute Gasteiger partial charge is 0.408 e. The van der Waals surface area contributed by atoms with Gasteiger partial charge < -0.3 is 9.39 Å². The Morgan fingerprint density at radius 1 is 0.857 bits per heavy atom. The summed E-state index contributed by atoms with van der Waals surface area (Å²) in [6.07, 6.45) is 0. The lowest BCUT2D eigenvalue weighted by molar-refractivity contribution is 0.0981. The summed E-state index contributed by atoms with van der Waals surface area (Å²) in [5.41, 5.74) is 0.786. The number of carbonyl (C=O) groups is 1. The summed E-state index contributed by atoms with van der Waals surface area (Å²) in [4.78, 5) is 12.4. The Bertz CT molecular complexity index is 1520. The summed E-state index contributed by atoms with van der Waals surface area (Å²) in [7, 11) is -8.73. The van der Waals surface area contributed by atoms with Gasteiger partial charge in [-0.1, -0.05) is 58.6 Å². The molecule has 1 amide bonds. The summed E-state index contributed by atoms with van der Waals surface area (Å²) in [5.74, 6) is -2.05. The smallest absolute Gasteiger partial charge is 0.340 e. The van der Waals surface area contributed by atoms with Crippen molar-refractivity contribution in [2.24, 2.45) is 5.16 Å². The number of nitrogens with one attached hydrogen (secondary N) is 1. The second-order valence-electron chi connectivity index (χ2n) is 7.29. The maximum atomic E-state index is 12.8. The van der Waals surface area contributed by atoms with Crippen LogP contribution in [0.2, 0.25) is 10.0 Å². The molecule has 3 aromatic rings. The number of hydrogen-bond acceptors (Lipinski definition) is 8. The summed E-state index contributed by atoms with van der Waals surface area (Å²) in [6.45, 7) is 3.53. The fourth-order valence-corrected chi connectivity index (χ4v) is 5.32. The van der Waals surface area contributed by atoms with E-state index in [0.29, 0.717) is 0 Å². The van der Waals surface area contributed by atoms with E-state index in [2.05, 4.69) is 5.16 Å². The third-order valence-corrected chi connectivity index (χ3v) is 7.98.